The third-order valence-electron chi connectivity index (χ3n) is 5.89. The van der Waals surface area contributed by atoms with Crippen molar-refractivity contribution < 1.29 is 21.6 Å². The summed E-state index contributed by atoms with van der Waals surface area (Å²) in [6.45, 7) is 3.70. The minimum Gasteiger partial charge on any atom is -0.315 e. The number of alkyl halides is 3. The summed E-state index contributed by atoms with van der Waals surface area (Å²) in [5, 5.41) is 2.77. The minimum atomic E-state index is -4.28. The number of fused-ring (bicyclic) bond motifs is 1. The SMILES string of the molecule is CC(C)C1(S(=O)(=O)NC[C@@]23CNC[C@]2(C(F)(F)F)C3)CC1. The van der Waals surface area contributed by atoms with Crippen molar-refractivity contribution in [2.75, 3.05) is 19.6 Å². The zero-order valence-electron chi connectivity index (χ0n) is 12.2. The molecule has 21 heavy (non-hydrogen) atoms. The van der Waals surface area contributed by atoms with Crippen LogP contribution in [0, 0.1) is 16.7 Å². The Hall–Kier alpha value is -0.340. The monoisotopic (exact) mass is 326 g/mol. The molecule has 122 valence electrons. The molecule has 0 radical (unpaired) electrons. The molecule has 8 heteroatoms. The molecule has 0 aromatic heterocycles. The summed E-state index contributed by atoms with van der Waals surface area (Å²) >= 11 is 0. The molecular formula is C13H21F3N2O2S. The predicted molar refractivity (Wildman–Crippen MR) is 72.1 cm³/mol. The van der Waals surface area contributed by atoms with Crippen molar-refractivity contribution in [3.8, 4) is 0 Å². The van der Waals surface area contributed by atoms with Crippen LogP contribution in [0.2, 0.25) is 0 Å². The van der Waals surface area contributed by atoms with Gasteiger partial charge in [-0.1, -0.05) is 13.8 Å². The van der Waals surface area contributed by atoms with Gasteiger partial charge in [0.2, 0.25) is 10.0 Å². The van der Waals surface area contributed by atoms with Gasteiger partial charge in [0.25, 0.3) is 0 Å². The molecule has 1 heterocycles. The second kappa shape index (κ2) is 4.14. The first-order valence-corrected chi connectivity index (χ1v) is 8.77. The van der Waals surface area contributed by atoms with Gasteiger partial charge in [0.15, 0.2) is 0 Å². The summed E-state index contributed by atoms with van der Waals surface area (Å²) in [6, 6.07) is 0. The van der Waals surface area contributed by atoms with Crippen LogP contribution in [-0.4, -0.2) is 39.0 Å². The highest BCUT2D eigenvalue weighted by molar-refractivity contribution is 7.91. The highest BCUT2D eigenvalue weighted by atomic mass is 32.2. The van der Waals surface area contributed by atoms with Gasteiger partial charge in [0.1, 0.15) is 0 Å². The summed E-state index contributed by atoms with van der Waals surface area (Å²) in [5.41, 5.74) is -2.73. The van der Waals surface area contributed by atoms with Crippen molar-refractivity contribution in [3.63, 3.8) is 0 Å². The van der Waals surface area contributed by atoms with Crippen LogP contribution >= 0.6 is 0 Å². The molecule has 2 N–H and O–H groups in total. The Balaban J connectivity index is 1.73. The lowest BCUT2D eigenvalue weighted by Crippen LogP contribution is -2.44. The molecule has 1 aliphatic heterocycles. The van der Waals surface area contributed by atoms with Crippen LogP contribution in [0.5, 0.6) is 0 Å². The summed E-state index contributed by atoms with van der Waals surface area (Å²) in [4.78, 5) is 0. The van der Waals surface area contributed by atoms with Gasteiger partial charge in [0.05, 0.1) is 10.2 Å². The molecule has 0 unspecified atom stereocenters. The fourth-order valence-corrected chi connectivity index (χ4v) is 6.00. The van der Waals surface area contributed by atoms with Gasteiger partial charge in [-0.05, 0) is 25.2 Å². The third-order valence-corrected chi connectivity index (χ3v) is 8.37. The quantitative estimate of drug-likeness (QED) is 0.807. The van der Waals surface area contributed by atoms with E-state index in [-0.39, 0.29) is 32.0 Å². The smallest absolute Gasteiger partial charge is 0.315 e. The van der Waals surface area contributed by atoms with Crippen LogP contribution in [-0.2, 0) is 10.0 Å². The minimum absolute atomic E-state index is 0.0215. The lowest BCUT2D eigenvalue weighted by Gasteiger charge is -2.24. The van der Waals surface area contributed by atoms with E-state index in [0.29, 0.717) is 12.8 Å². The van der Waals surface area contributed by atoms with Crippen LogP contribution in [0.25, 0.3) is 0 Å². The average molecular weight is 326 g/mol. The molecule has 4 nitrogen and oxygen atoms in total. The van der Waals surface area contributed by atoms with Crippen LogP contribution in [0.15, 0.2) is 0 Å². The Labute approximate surface area is 122 Å². The van der Waals surface area contributed by atoms with Gasteiger partial charge in [-0.2, -0.15) is 13.2 Å². The molecular weight excluding hydrogens is 305 g/mol. The molecule has 1 saturated heterocycles. The fourth-order valence-electron chi connectivity index (χ4n) is 3.98. The van der Waals surface area contributed by atoms with Crippen molar-refractivity contribution in [2.45, 2.75) is 44.0 Å². The van der Waals surface area contributed by atoms with E-state index < -0.39 is 31.8 Å². The van der Waals surface area contributed by atoms with Crippen LogP contribution in [0.4, 0.5) is 13.2 Å². The maximum absolute atomic E-state index is 13.2. The lowest BCUT2D eigenvalue weighted by molar-refractivity contribution is -0.190. The summed E-state index contributed by atoms with van der Waals surface area (Å²) < 4.78 is 66.2. The van der Waals surface area contributed by atoms with Gasteiger partial charge in [-0.3, -0.25) is 0 Å². The van der Waals surface area contributed by atoms with Gasteiger partial charge < -0.3 is 5.32 Å². The number of nitrogens with one attached hydrogen (secondary N) is 2. The van der Waals surface area contributed by atoms with Crippen molar-refractivity contribution in [3.05, 3.63) is 0 Å². The largest absolute Gasteiger partial charge is 0.396 e. The number of hydrogen-bond acceptors (Lipinski definition) is 3. The van der Waals surface area contributed by atoms with Crippen molar-refractivity contribution in [2.24, 2.45) is 16.7 Å². The van der Waals surface area contributed by atoms with Gasteiger partial charge in [-0.25, -0.2) is 13.1 Å². The average Bonchev–Trinajstić information content (AvgIpc) is 3.23. The van der Waals surface area contributed by atoms with Crippen molar-refractivity contribution in [1.82, 2.24) is 10.0 Å². The molecule has 0 amide bonds. The molecule has 0 aromatic rings. The Morgan fingerprint density at radius 1 is 1.24 bits per heavy atom. The number of rotatable bonds is 5. The first kappa shape index (κ1) is 15.6. The van der Waals surface area contributed by atoms with Gasteiger partial charge >= 0.3 is 6.18 Å². The normalized spacial score (nSPS) is 37.6. The van der Waals surface area contributed by atoms with E-state index in [2.05, 4.69) is 10.0 Å². The number of hydrogen-bond donors (Lipinski definition) is 2. The molecule has 2 saturated carbocycles. The predicted octanol–water partition coefficient (Wildman–Crippen LogP) is 1.64. The Kier molecular flexibility index (Phi) is 3.07. The molecule has 2 atom stereocenters. The molecule has 0 aromatic carbocycles. The maximum atomic E-state index is 13.2. The van der Waals surface area contributed by atoms with E-state index in [1.54, 1.807) is 0 Å². The topological polar surface area (TPSA) is 58.2 Å². The van der Waals surface area contributed by atoms with E-state index in [0.717, 1.165) is 0 Å². The Bertz CT molecular complexity index is 556. The highest BCUT2D eigenvalue weighted by Gasteiger charge is 2.81. The summed E-state index contributed by atoms with van der Waals surface area (Å²) in [5.74, 6) is -0.0271. The molecule has 2 aliphatic carbocycles. The van der Waals surface area contributed by atoms with Crippen molar-refractivity contribution in [1.29, 1.82) is 0 Å². The van der Waals surface area contributed by atoms with E-state index in [9.17, 15) is 21.6 Å². The number of piperidine rings is 1. The lowest BCUT2D eigenvalue weighted by atomic mass is 9.96. The molecule has 3 aliphatic rings. The Morgan fingerprint density at radius 3 is 2.29 bits per heavy atom. The summed E-state index contributed by atoms with van der Waals surface area (Å²) in [7, 11) is -3.56. The first-order valence-electron chi connectivity index (χ1n) is 7.29. The van der Waals surface area contributed by atoms with Gasteiger partial charge in [-0.15, -0.1) is 0 Å². The molecule has 0 bridgehead atoms. The molecule has 3 fully saturated rings. The number of sulfonamides is 1. The van der Waals surface area contributed by atoms with Crippen molar-refractivity contribution >= 4 is 10.0 Å². The first-order chi connectivity index (χ1) is 9.52. The van der Waals surface area contributed by atoms with E-state index in [4.69, 9.17) is 0 Å². The zero-order valence-corrected chi connectivity index (χ0v) is 13.0. The number of halogens is 3. The second-order valence-electron chi connectivity index (χ2n) is 7.18. The summed E-state index contributed by atoms with van der Waals surface area (Å²) in [6.07, 6.45) is -3.07. The van der Waals surface area contributed by atoms with Crippen LogP contribution in [0.1, 0.15) is 33.1 Å². The zero-order chi connectivity index (χ0) is 15.7. The van der Waals surface area contributed by atoms with Crippen LogP contribution < -0.4 is 10.0 Å². The maximum Gasteiger partial charge on any atom is 0.396 e. The Morgan fingerprint density at radius 2 is 1.86 bits per heavy atom. The second-order valence-corrected chi connectivity index (χ2v) is 9.29. The van der Waals surface area contributed by atoms with Crippen LogP contribution in [0.3, 0.4) is 0 Å². The third kappa shape index (κ3) is 1.91. The standard InChI is InChI=1S/C13H21F3N2O2S/c1-9(2)11(3-4-11)21(19,20)18-7-10-5-12(10,8-17-6-10)13(14,15)16/h9,17-18H,3-8H2,1-2H3/t10-,12-/m1/s1. The fraction of sp³-hybridized carbons (Fsp3) is 1.00. The van der Waals surface area contributed by atoms with E-state index in [1.807, 2.05) is 13.8 Å². The molecule has 0 spiro atoms. The molecule has 3 rings (SSSR count). The highest BCUT2D eigenvalue weighted by Crippen LogP contribution is 2.72. The van der Waals surface area contributed by atoms with Gasteiger partial charge in [0, 0.05) is 25.0 Å². The van der Waals surface area contributed by atoms with E-state index in [1.165, 1.54) is 0 Å². The van der Waals surface area contributed by atoms with E-state index >= 15 is 0 Å².